The van der Waals surface area contributed by atoms with Crippen LogP contribution in [0.5, 0.6) is 0 Å². The zero-order chi connectivity index (χ0) is 9.68. The first-order valence-electron chi connectivity index (χ1n) is 3.69. The molecule has 0 spiro atoms. The lowest BCUT2D eigenvalue weighted by molar-refractivity contribution is 0.175. The zero-order valence-electron chi connectivity index (χ0n) is 7.23. The van der Waals surface area contributed by atoms with Crippen LogP contribution in [0, 0.1) is 0 Å². The normalized spacial score (nSPS) is 9.38. The Kier molecular flexibility index (Phi) is 3.24. The summed E-state index contributed by atoms with van der Waals surface area (Å²) >= 11 is 0. The predicted octanol–water partition coefficient (Wildman–Crippen LogP) is 0.638. The molecule has 0 aliphatic carbocycles. The van der Waals surface area contributed by atoms with E-state index >= 15 is 0 Å². The largest absolute Gasteiger partial charge is 0.452 e. The topological polar surface area (TPSA) is 67.6 Å². The Balaban J connectivity index is 2.85. The first-order valence-corrected chi connectivity index (χ1v) is 3.69. The van der Waals surface area contributed by atoms with E-state index in [0.717, 1.165) is 5.01 Å². The van der Waals surface area contributed by atoms with Crippen molar-refractivity contribution in [3.63, 3.8) is 0 Å². The number of anilines is 1. The SMILES string of the molecule is COC(=O)N(NN)c1ccccc1. The van der Waals surface area contributed by atoms with Gasteiger partial charge in [0.15, 0.2) is 0 Å². The molecule has 3 N–H and O–H groups in total. The third kappa shape index (κ3) is 2.17. The van der Waals surface area contributed by atoms with E-state index < -0.39 is 6.09 Å². The molecule has 0 saturated heterocycles. The van der Waals surface area contributed by atoms with Gasteiger partial charge in [-0.15, -0.1) is 0 Å². The monoisotopic (exact) mass is 181 g/mol. The number of hydrogen-bond acceptors (Lipinski definition) is 4. The van der Waals surface area contributed by atoms with Crippen molar-refractivity contribution in [2.24, 2.45) is 5.84 Å². The van der Waals surface area contributed by atoms with Crippen LogP contribution in [-0.2, 0) is 4.74 Å². The number of nitrogens with two attached hydrogens (primary N) is 1. The van der Waals surface area contributed by atoms with Crippen molar-refractivity contribution in [1.29, 1.82) is 0 Å². The maximum Gasteiger partial charge on any atom is 0.429 e. The summed E-state index contributed by atoms with van der Waals surface area (Å²) in [4.78, 5) is 11.1. The van der Waals surface area contributed by atoms with Gasteiger partial charge in [-0.2, -0.15) is 10.5 Å². The summed E-state index contributed by atoms with van der Waals surface area (Å²) in [5, 5.41) is 1.10. The number of ether oxygens (including phenoxy) is 1. The Morgan fingerprint density at radius 3 is 2.54 bits per heavy atom. The lowest BCUT2D eigenvalue weighted by Gasteiger charge is -2.18. The molecule has 1 rings (SSSR count). The number of benzene rings is 1. The number of hydrazine groups is 2. The van der Waals surface area contributed by atoms with Crippen LogP contribution in [-0.4, -0.2) is 13.2 Å². The molecule has 0 saturated carbocycles. The van der Waals surface area contributed by atoms with Crippen LogP contribution in [0.2, 0.25) is 0 Å². The average Bonchev–Trinajstić information content (AvgIpc) is 2.20. The minimum atomic E-state index is -0.561. The first-order chi connectivity index (χ1) is 6.29. The molecule has 13 heavy (non-hydrogen) atoms. The van der Waals surface area contributed by atoms with Gasteiger partial charge in [-0.3, -0.25) is 5.84 Å². The van der Waals surface area contributed by atoms with Gasteiger partial charge >= 0.3 is 6.09 Å². The van der Waals surface area contributed by atoms with Crippen LogP contribution in [0.3, 0.4) is 0 Å². The minimum absolute atomic E-state index is 0.561. The highest BCUT2D eigenvalue weighted by Crippen LogP contribution is 2.10. The number of methoxy groups -OCH3 is 1. The molecule has 0 aliphatic heterocycles. The summed E-state index contributed by atoms with van der Waals surface area (Å²) in [6.07, 6.45) is -0.561. The second kappa shape index (κ2) is 4.44. The fourth-order valence-electron chi connectivity index (χ4n) is 0.901. The highest BCUT2D eigenvalue weighted by molar-refractivity contribution is 5.86. The molecule has 0 heterocycles. The number of carbonyl (C=O) groups is 1. The van der Waals surface area contributed by atoms with E-state index in [2.05, 4.69) is 10.3 Å². The minimum Gasteiger partial charge on any atom is -0.452 e. The third-order valence-electron chi connectivity index (χ3n) is 1.50. The molecule has 1 aromatic rings. The Bertz CT molecular complexity index is 276. The van der Waals surface area contributed by atoms with Crippen molar-refractivity contribution < 1.29 is 9.53 Å². The number of para-hydroxylation sites is 1. The highest BCUT2D eigenvalue weighted by Gasteiger charge is 2.13. The molecule has 0 aliphatic rings. The van der Waals surface area contributed by atoms with Gasteiger partial charge in [0.1, 0.15) is 0 Å². The van der Waals surface area contributed by atoms with E-state index in [1.165, 1.54) is 7.11 Å². The second-order valence-electron chi connectivity index (χ2n) is 2.27. The summed E-state index contributed by atoms with van der Waals surface area (Å²) in [6, 6.07) is 8.90. The molecule has 0 aromatic heterocycles. The maximum absolute atomic E-state index is 11.1. The number of amides is 1. The van der Waals surface area contributed by atoms with Crippen molar-refractivity contribution in [2.75, 3.05) is 12.1 Å². The van der Waals surface area contributed by atoms with Gasteiger partial charge in [0.05, 0.1) is 12.8 Å². The summed E-state index contributed by atoms with van der Waals surface area (Å²) in [6.45, 7) is 0. The molecular formula is C8H11N3O2. The number of nitrogens with one attached hydrogen (secondary N) is 1. The standard InChI is InChI=1S/C8H11N3O2/c1-13-8(12)11(10-9)7-5-3-2-4-6-7/h2-6,10H,9H2,1H3. The van der Waals surface area contributed by atoms with Gasteiger partial charge < -0.3 is 4.74 Å². The molecule has 1 amide bonds. The maximum atomic E-state index is 11.1. The van der Waals surface area contributed by atoms with Gasteiger partial charge in [0, 0.05) is 0 Å². The van der Waals surface area contributed by atoms with Crippen LogP contribution in [0.25, 0.3) is 0 Å². The van der Waals surface area contributed by atoms with E-state index in [9.17, 15) is 4.79 Å². The number of rotatable bonds is 2. The van der Waals surface area contributed by atoms with Gasteiger partial charge in [0.2, 0.25) is 0 Å². The quantitative estimate of drug-likeness (QED) is 0.519. The van der Waals surface area contributed by atoms with Crippen LogP contribution in [0.15, 0.2) is 30.3 Å². The van der Waals surface area contributed by atoms with Gasteiger partial charge in [0.25, 0.3) is 0 Å². The van der Waals surface area contributed by atoms with Crippen molar-refractivity contribution >= 4 is 11.8 Å². The Morgan fingerprint density at radius 1 is 1.46 bits per heavy atom. The van der Waals surface area contributed by atoms with Crippen LogP contribution in [0.4, 0.5) is 10.5 Å². The Morgan fingerprint density at radius 2 is 2.08 bits per heavy atom. The molecule has 1 aromatic carbocycles. The lowest BCUT2D eigenvalue weighted by atomic mass is 10.3. The van der Waals surface area contributed by atoms with Crippen molar-refractivity contribution in [3.05, 3.63) is 30.3 Å². The summed E-state index contributed by atoms with van der Waals surface area (Å²) in [5.74, 6) is 5.16. The van der Waals surface area contributed by atoms with Gasteiger partial charge in [-0.1, -0.05) is 18.2 Å². The molecular weight excluding hydrogens is 170 g/mol. The molecule has 0 radical (unpaired) electrons. The lowest BCUT2D eigenvalue weighted by Crippen LogP contribution is -2.47. The first kappa shape index (κ1) is 9.50. The zero-order valence-corrected chi connectivity index (χ0v) is 7.23. The average molecular weight is 181 g/mol. The van der Waals surface area contributed by atoms with Gasteiger partial charge in [-0.05, 0) is 12.1 Å². The van der Waals surface area contributed by atoms with E-state index in [4.69, 9.17) is 5.84 Å². The van der Waals surface area contributed by atoms with Crippen molar-refractivity contribution in [1.82, 2.24) is 5.53 Å². The predicted molar refractivity (Wildman–Crippen MR) is 48.6 cm³/mol. The van der Waals surface area contributed by atoms with Crippen LogP contribution < -0.4 is 16.4 Å². The smallest absolute Gasteiger partial charge is 0.429 e. The molecule has 0 atom stereocenters. The fourth-order valence-corrected chi connectivity index (χ4v) is 0.901. The van der Waals surface area contributed by atoms with E-state index in [1.807, 2.05) is 6.07 Å². The second-order valence-corrected chi connectivity index (χ2v) is 2.27. The Labute approximate surface area is 76.0 Å². The summed E-state index contributed by atoms with van der Waals surface area (Å²) < 4.78 is 4.50. The number of nitrogens with zero attached hydrogens (tertiary/aromatic N) is 1. The van der Waals surface area contributed by atoms with Crippen LogP contribution in [0.1, 0.15) is 0 Å². The van der Waals surface area contributed by atoms with Crippen molar-refractivity contribution in [3.8, 4) is 0 Å². The van der Waals surface area contributed by atoms with E-state index in [-0.39, 0.29) is 0 Å². The fraction of sp³-hybridized carbons (Fsp3) is 0.125. The highest BCUT2D eigenvalue weighted by atomic mass is 16.5. The third-order valence-corrected chi connectivity index (χ3v) is 1.50. The molecule has 5 nitrogen and oxygen atoms in total. The summed E-state index contributed by atoms with van der Waals surface area (Å²) in [5.41, 5.74) is 2.85. The van der Waals surface area contributed by atoms with E-state index in [0.29, 0.717) is 5.69 Å². The molecule has 0 bridgehead atoms. The number of hydrogen-bond donors (Lipinski definition) is 2. The van der Waals surface area contributed by atoms with E-state index in [1.54, 1.807) is 24.3 Å². The molecule has 5 heteroatoms. The molecule has 70 valence electrons. The Hall–Kier alpha value is -1.59. The molecule has 0 fully saturated rings. The summed E-state index contributed by atoms with van der Waals surface area (Å²) in [7, 11) is 1.29. The number of carbonyl (C=O) groups excluding carboxylic acids is 1. The van der Waals surface area contributed by atoms with Gasteiger partial charge in [-0.25, -0.2) is 4.79 Å². The molecule has 0 unspecified atom stereocenters. The van der Waals surface area contributed by atoms with Crippen molar-refractivity contribution in [2.45, 2.75) is 0 Å². The van der Waals surface area contributed by atoms with Crippen LogP contribution >= 0.6 is 0 Å².